The van der Waals surface area contributed by atoms with E-state index in [0.717, 1.165) is 0 Å². The lowest BCUT2D eigenvalue weighted by Crippen LogP contribution is -2.08. The van der Waals surface area contributed by atoms with E-state index in [1.807, 2.05) is 0 Å². The van der Waals surface area contributed by atoms with Crippen molar-refractivity contribution >= 4 is 12.2 Å². The van der Waals surface area contributed by atoms with Gasteiger partial charge in [0.05, 0.1) is 6.21 Å². The van der Waals surface area contributed by atoms with Crippen molar-refractivity contribution in [2.45, 2.75) is 0 Å². The smallest absolute Gasteiger partial charge is 0.219 e. The number of hydrogen-bond donors (Lipinski definition) is 2. The van der Waals surface area contributed by atoms with E-state index in [2.05, 4.69) is 23.1 Å². The Bertz CT molecular complexity index is 190. The maximum atomic E-state index is 5.22. The van der Waals surface area contributed by atoms with Crippen LogP contribution in [-0.4, -0.2) is 12.2 Å². The molecule has 4 heteroatoms. The minimum atomic E-state index is 0.113. The summed E-state index contributed by atoms with van der Waals surface area (Å²) in [6, 6.07) is 0. The Hall–Kier alpha value is -1.58. The quantitative estimate of drug-likeness (QED) is 0.416. The van der Waals surface area contributed by atoms with Crippen LogP contribution in [0.2, 0.25) is 0 Å². The van der Waals surface area contributed by atoms with Gasteiger partial charge in [0.15, 0.2) is 0 Å². The number of nitrogens with two attached hydrogens (primary N) is 2. The van der Waals surface area contributed by atoms with E-state index in [4.69, 9.17) is 11.5 Å². The van der Waals surface area contributed by atoms with Gasteiger partial charge in [-0.05, 0) is 0 Å². The number of rotatable bonds is 2. The van der Waals surface area contributed by atoms with Crippen LogP contribution in [-0.2, 0) is 0 Å². The van der Waals surface area contributed by atoms with Crippen LogP contribution in [0.4, 0.5) is 0 Å². The van der Waals surface area contributed by atoms with E-state index < -0.39 is 0 Å². The molecule has 0 aromatic carbocycles. The normalized spacial score (nSPS) is 11.8. The highest BCUT2D eigenvalue weighted by atomic mass is 15.0. The first kappa shape index (κ1) is 8.42. The van der Waals surface area contributed by atoms with Gasteiger partial charge in [-0.15, -0.1) is 0 Å². The second-order valence-corrected chi connectivity index (χ2v) is 1.50. The summed E-state index contributed by atoms with van der Waals surface area (Å²) in [5, 5.41) is 0. The number of hydrogen-bond acceptors (Lipinski definition) is 2. The van der Waals surface area contributed by atoms with Crippen molar-refractivity contribution < 1.29 is 0 Å². The molecule has 0 bridgehead atoms. The van der Waals surface area contributed by atoms with Gasteiger partial charge in [0.2, 0.25) is 5.96 Å². The van der Waals surface area contributed by atoms with E-state index in [1.165, 1.54) is 12.4 Å². The molecule has 54 valence electrons. The van der Waals surface area contributed by atoms with Gasteiger partial charge in [-0.3, -0.25) is 0 Å². The molecule has 0 aliphatic rings. The number of nitrogens with zero attached hydrogens (tertiary/aromatic N) is 2. The highest BCUT2D eigenvalue weighted by Gasteiger charge is 1.80. The maximum Gasteiger partial charge on any atom is 0.219 e. The first-order chi connectivity index (χ1) is 4.66. The van der Waals surface area contributed by atoms with Gasteiger partial charge >= 0.3 is 0 Å². The van der Waals surface area contributed by atoms with Gasteiger partial charge < -0.3 is 11.5 Å². The molecule has 0 atom stereocenters. The Morgan fingerprint density at radius 1 is 1.40 bits per heavy atom. The minimum Gasteiger partial charge on any atom is -0.398 e. The lowest BCUT2D eigenvalue weighted by atomic mass is 10.6. The number of aliphatic imine (C=N–C) groups is 2. The van der Waals surface area contributed by atoms with Crippen LogP contribution < -0.4 is 11.5 Å². The molecule has 4 N–H and O–H groups in total. The molecular weight excluding hydrogens is 128 g/mol. The zero-order valence-electron chi connectivity index (χ0n) is 5.62. The zero-order chi connectivity index (χ0) is 7.98. The average molecular weight is 138 g/mol. The SMILES string of the molecule is C=CN=C(N)N=CC(=C)N. The summed E-state index contributed by atoms with van der Waals surface area (Å²) in [5.74, 6) is 0.113. The van der Waals surface area contributed by atoms with E-state index >= 15 is 0 Å². The summed E-state index contributed by atoms with van der Waals surface area (Å²) in [6.07, 6.45) is 2.62. The Balaban J connectivity index is 4.01. The van der Waals surface area contributed by atoms with Crippen molar-refractivity contribution in [1.82, 2.24) is 0 Å². The summed E-state index contributed by atoms with van der Waals surface area (Å²) in [7, 11) is 0. The lowest BCUT2D eigenvalue weighted by Gasteiger charge is -1.87. The van der Waals surface area contributed by atoms with Crippen LogP contribution in [0.1, 0.15) is 0 Å². The van der Waals surface area contributed by atoms with Crippen LogP contribution in [0.5, 0.6) is 0 Å². The summed E-state index contributed by atoms with van der Waals surface area (Å²) >= 11 is 0. The molecule has 0 aliphatic heterocycles. The Morgan fingerprint density at radius 3 is 2.40 bits per heavy atom. The molecule has 0 aromatic heterocycles. The van der Waals surface area contributed by atoms with Crippen LogP contribution >= 0.6 is 0 Å². The first-order valence-corrected chi connectivity index (χ1v) is 2.59. The Morgan fingerprint density at radius 2 is 2.00 bits per heavy atom. The number of guanidine groups is 1. The largest absolute Gasteiger partial charge is 0.398 e. The van der Waals surface area contributed by atoms with E-state index in [-0.39, 0.29) is 5.96 Å². The topological polar surface area (TPSA) is 76.8 Å². The van der Waals surface area contributed by atoms with Crippen molar-refractivity contribution in [2.24, 2.45) is 21.5 Å². The molecule has 0 spiro atoms. The standard InChI is InChI=1S/C6H10N4/c1-3-9-6(8)10-4-5(2)7/h3-4H,1-2,7H2,(H2,8,9). The fourth-order valence-electron chi connectivity index (χ4n) is 0.276. The minimum absolute atomic E-state index is 0.113. The summed E-state index contributed by atoms with van der Waals surface area (Å²) in [5.41, 5.74) is 10.7. The molecule has 0 saturated heterocycles. The third-order valence-electron chi connectivity index (χ3n) is 0.586. The van der Waals surface area contributed by atoms with E-state index in [0.29, 0.717) is 5.70 Å². The first-order valence-electron chi connectivity index (χ1n) is 2.59. The maximum absolute atomic E-state index is 5.22. The van der Waals surface area contributed by atoms with Gasteiger partial charge in [0.1, 0.15) is 0 Å². The fourth-order valence-corrected chi connectivity index (χ4v) is 0.276. The van der Waals surface area contributed by atoms with E-state index in [1.54, 1.807) is 0 Å². The van der Waals surface area contributed by atoms with Gasteiger partial charge in [-0.1, -0.05) is 13.2 Å². The van der Waals surface area contributed by atoms with Crippen LogP contribution in [0.15, 0.2) is 35.0 Å². The molecule has 0 fully saturated rings. The third-order valence-corrected chi connectivity index (χ3v) is 0.586. The molecule has 0 rings (SSSR count). The van der Waals surface area contributed by atoms with Crippen LogP contribution in [0, 0.1) is 0 Å². The predicted molar refractivity (Wildman–Crippen MR) is 43.6 cm³/mol. The van der Waals surface area contributed by atoms with Crippen molar-refractivity contribution in [3.8, 4) is 0 Å². The highest BCUT2D eigenvalue weighted by molar-refractivity contribution is 5.91. The van der Waals surface area contributed by atoms with Crippen molar-refractivity contribution in [3.63, 3.8) is 0 Å². The van der Waals surface area contributed by atoms with Crippen molar-refractivity contribution in [1.29, 1.82) is 0 Å². The van der Waals surface area contributed by atoms with Gasteiger partial charge in [-0.2, -0.15) is 0 Å². The van der Waals surface area contributed by atoms with Gasteiger partial charge in [0, 0.05) is 11.9 Å². The average Bonchev–Trinajstić information content (AvgIpc) is 1.85. The third kappa shape index (κ3) is 4.58. The Labute approximate surface area is 59.7 Å². The number of allylic oxidation sites excluding steroid dienone is 1. The molecule has 0 aliphatic carbocycles. The molecule has 4 nitrogen and oxygen atoms in total. The van der Waals surface area contributed by atoms with Gasteiger partial charge in [0.25, 0.3) is 0 Å². The Kier molecular flexibility index (Phi) is 3.63. The molecular formula is C6H10N4. The molecule has 0 heterocycles. The lowest BCUT2D eigenvalue weighted by molar-refractivity contribution is 1.42. The molecule has 0 amide bonds. The molecule has 0 radical (unpaired) electrons. The molecule has 0 aromatic rings. The highest BCUT2D eigenvalue weighted by Crippen LogP contribution is 1.74. The zero-order valence-corrected chi connectivity index (χ0v) is 5.62. The molecule has 10 heavy (non-hydrogen) atoms. The summed E-state index contributed by atoms with van der Waals surface area (Å²) in [6.45, 7) is 6.71. The van der Waals surface area contributed by atoms with Crippen LogP contribution in [0.3, 0.4) is 0 Å². The second kappa shape index (κ2) is 4.31. The van der Waals surface area contributed by atoms with Crippen LogP contribution in [0.25, 0.3) is 0 Å². The van der Waals surface area contributed by atoms with E-state index in [9.17, 15) is 0 Å². The monoisotopic (exact) mass is 138 g/mol. The second-order valence-electron chi connectivity index (χ2n) is 1.50. The van der Waals surface area contributed by atoms with Crippen molar-refractivity contribution in [3.05, 3.63) is 25.1 Å². The van der Waals surface area contributed by atoms with Gasteiger partial charge in [-0.25, -0.2) is 9.98 Å². The molecule has 0 unspecified atom stereocenters. The summed E-state index contributed by atoms with van der Waals surface area (Å²) in [4.78, 5) is 7.18. The predicted octanol–water partition coefficient (Wildman–Crippen LogP) is -0.0122. The fraction of sp³-hybridized carbons (Fsp3) is 0. The summed E-state index contributed by atoms with van der Waals surface area (Å²) < 4.78 is 0. The van der Waals surface area contributed by atoms with Crippen molar-refractivity contribution in [2.75, 3.05) is 0 Å². The molecule has 0 saturated carbocycles.